The molecular weight excluding hydrogens is 494 g/mol. The molecule has 0 saturated carbocycles. The van der Waals surface area contributed by atoms with Crippen LogP contribution in [0.1, 0.15) is 19.6 Å². The van der Waals surface area contributed by atoms with E-state index in [2.05, 4.69) is 25.8 Å². The standard InChI is InChI=1S/C24H22F3N5O5/c1-23(2,24(25,26)27)19-11-20(32-37-19)31-22(33)30-13-6-5-7-14(8-13)36-21-15-9-17(34-3)18(35-4)10-16(15)28-12-29-21/h5-12H,1-4H3,(H2,30,31,32,33)/i22-1. The largest absolute Gasteiger partial charge is 0.493 e. The monoisotopic (exact) mass is 516 g/mol. The molecule has 0 saturated heterocycles. The van der Waals surface area contributed by atoms with Crippen molar-refractivity contribution in [1.82, 2.24) is 15.1 Å². The van der Waals surface area contributed by atoms with E-state index in [-0.39, 0.29) is 11.7 Å². The molecule has 0 aliphatic carbocycles. The number of halogens is 3. The summed E-state index contributed by atoms with van der Waals surface area (Å²) in [7, 11) is 3.02. The molecule has 0 aliphatic rings. The number of carbonyl (C=O) groups is 1. The predicted molar refractivity (Wildman–Crippen MR) is 127 cm³/mol. The molecule has 0 spiro atoms. The quantitative estimate of drug-likeness (QED) is 0.311. The second-order valence-corrected chi connectivity index (χ2v) is 8.31. The molecule has 0 aliphatic heterocycles. The van der Waals surface area contributed by atoms with Gasteiger partial charge in [-0.3, -0.25) is 5.32 Å². The highest BCUT2D eigenvalue weighted by Gasteiger charge is 2.51. The fourth-order valence-electron chi connectivity index (χ4n) is 3.24. The maximum absolute atomic E-state index is 13.2. The van der Waals surface area contributed by atoms with E-state index in [0.29, 0.717) is 33.8 Å². The van der Waals surface area contributed by atoms with Gasteiger partial charge in [-0.25, -0.2) is 14.8 Å². The van der Waals surface area contributed by atoms with Gasteiger partial charge >= 0.3 is 12.2 Å². The number of benzene rings is 2. The lowest BCUT2D eigenvalue weighted by atomic mass is 9.89. The van der Waals surface area contributed by atoms with E-state index in [1.807, 2.05) is 0 Å². The van der Waals surface area contributed by atoms with Gasteiger partial charge in [0.1, 0.15) is 17.5 Å². The Bertz CT molecular complexity index is 1440. The molecule has 0 radical (unpaired) electrons. The third-order valence-corrected chi connectivity index (χ3v) is 5.49. The van der Waals surface area contributed by atoms with Gasteiger partial charge in [-0.05, 0) is 32.0 Å². The van der Waals surface area contributed by atoms with Gasteiger partial charge in [0.05, 0.1) is 25.1 Å². The van der Waals surface area contributed by atoms with E-state index in [1.165, 1.54) is 26.6 Å². The zero-order chi connectivity index (χ0) is 26.8. The van der Waals surface area contributed by atoms with E-state index in [9.17, 15) is 18.0 Å². The average Bonchev–Trinajstić information content (AvgIpc) is 3.32. The predicted octanol–water partition coefficient (Wildman–Crippen LogP) is 5.91. The zero-order valence-corrected chi connectivity index (χ0v) is 20.1. The molecule has 2 N–H and O–H groups in total. The van der Waals surface area contributed by atoms with Crippen molar-refractivity contribution in [1.29, 1.82) is 0 Å². The first-order valence-corrected chi connectivity index (χ1v) is 10.8. The van der Waals surface area contributed by atoms with Crippen LogP contribution in [0.25, 0.3) is 10.9 Å². The summed E-state index contributed by atoms with van der Waals surface area (Å²) in [5.74, 6) is 0.957. The number of amides is 2. The lowest BCUT2D eigenvalue weighted by Crippen LogP contribution is -2.35. The number of hydrogen-bond donors (Lipinski definition) is 2. The van der Waals surface area contributed by atoms with Crippen LogP contribution in [0.5, 0.6) is 23.1 Å². The van der Waals surface area contributed by atoms with Gasteiger partial charge in [0.25, 0.3) is 0 Å². The number of urea groups is 1. The second-order valence-electron chi connectivity index (χ2n) is 8.31. The minimum atomic E-state index is -4.56. The molecule has 2 amide bonds. The summed E-state index contributed by atoms with van der Waals surface area (Å²) in [5, 5.41) is 8.97. The number of methoxy groups -OCH3 is 2. The van der Waals surface area contributed by atoms with Crippen LogP contribution in [0.2, 0.25) is 0 Å². The maximum atomic E-state index is 13.2. The fourth-order valence-corrected chi connectivity index (χ4v) is 3.24. The average molecular weight is 516 g/mol. The summed E-state index contributed by atoms with van der Waals surface area (Å²) >= 11 is 0. The minimum absolute atomic E-state index is 0.172. The van der Waals surface area contributed by atoms with Crippen LogP contribution in [0.4, 0.5) is 29.5 Å². The van der Waals surface area contributed by atoms with Crippen molar-refractivity contribution >= 4 is 28.4 Å². The summed E-state index contributed by atoms with van der Waals surface area (Å²) in [4.78, 5) is 20.8. The van der Waals surface area contributed by atoms with Crippen molar-refractivity contribution in [2.45, 2.75) is 25.4 Å². The molecule has 0 bridgehead atoms. The Morgan fingerprint density at radius 1 is 0.973 bits per heavy atom. The molecule has 0 fully saturated rings. The van der Waals surface area contributed by atoms with E-state index < -0.39 is 23.4 Å². The van der Waals surface area contributed by atoms with Crippen LogP contribution in [0, 0.1) is 0 Å². The number of anilines is 2. The molecule has 2 heterocycles. The van der Waals surface area contributed by atoms with Gasteiger partial charge in [-0.15, -0.1) is 0 Å². The Labute approximate surface area is 208 Å². The Balaban J connectivity index is 1.48. The molecule has 0 unspecified atom stereocenters. The first-order chi connectivity index (χ1) is 17.5. The van der Waals surface area contributed by atoms with Gasteiger partial charge in [-0.1, -0.05) is 11.2 Å². The molecule has 37 heavy (non-hydrogen) atoms. The highest BCUT2D eigenvalue weighted by molar-refractivity contribution is 5.99. The molecule has 4 aromatic rings. The number of aromatic nitrogens is 3. The van der Waals surface area contributed by atoms with Gasteiger partial charge < -0.3 is 24.1 Å². The minimum Gasteiger partial charge on any atom is -0.493 e. The molecule has 4 rings (SSSR count). The Morgan fingerprint density at radius 2 is 1.70 bits per heavy atom. The molecule has 194 valence electrons. The van der Waals surface area contributed by atoms with Crippen LogP contribution in [-0.2, 0) is 5.41 Å². The number of ether oxygens (including phenoxy) is 3. The third kappa shape index (κ3) is 5.34. The van der Waals surface area contributed by atoms with Crippen LogP contribution in [0.15, 0.2) is 53.3 Å². The smallest absolute Gasteiger partial charge is 0.401 e. The van der Waals surface area contributed by atoms with Crippen LogP contribution in [-0.4, -0.2) is 41.6 Å². The summed E-state index contributed by atoms with van der Waals surface area (Å²) in [5.41, 5.74) is -1.37. The normalized spacial score (nSPS) is 11.8. The van der Waals surface area contributed by atoms with Crippen LogP contribution < -0.4 is 24.8 Å². The first kappa shape index (κ1) is 25.5. The highest BCUT2D eigenvalue weighted by atomic mass is 19.4. The summed E-state index contributed by atoms with van der Waals surface area (Å²) in [6.45, 7) is 1.91. The van der Waals surface area contributed by atoms with Crippen molar-refractivity contribution < 1.29 is 36.7 Å². The van der Waals surface area contributed by atoms with Crippen molar-refractivity contribution in [2.75, 3.05) is 24.9 Å². The van der Waals surface area contributed by atoms with E-state index in [0.717, 1.165) is 19.9 Å². The van der Waals surface area contributed by atoms with Crippen molar-refractivity contribution in [3.63, 3.8) is 0 Å². The van der Waals surface area contributed by atoms with E-state index in [1.54, 1.807) is 30.3 Å². The van der Waals surface area contributed by atoms with Crippen LogP contribution >= 0.6 is 0 Å². The number of nitrogens with zero attached hydrogens (tertiary/aromatic N) is 3. The van der Waals surface area contributed by atoms with E-state index in [4.69, 9.17) is 18.7 Å². The lowest BCUT2D eigenvalue weighted by molar-refractivity contribution is -0.185. The Morgan fingerprint density at radius 3 is 2.41 bits per heavy atom. The Hall–Kier alpha value is -4.55. The molecule has 10 nitrogen and oxygen atoms in total. The van der Waals surface area contributed by atoms with E-state index >= 15 is 0 Å². The zero-order valence-electron chi connectivity index (χ0n) is 20.1. The van der Waals surface area contributed by atoms with Crippen molar-refractivity contribution in [3.05, 3.63) is 54.6 Å². The molecule has 0 atom stereocenters. The molecule has 2 aromatic carbocycles. The van der Waals surface area contributed by atoms with Crippen molar-refractivity contribution in [3.8, 4) is 23.1 Å². The number of alkyl halides is 3. The Kier molecular flexibility index (Phi) is 6.79. The van der Waals surface area contributed by atoms with Crippen molar-refractivity contribution in [2.24, 2.45) is 0 Å². The second kappa shape index (κ2) is 9.84. The number of rotatable bonds is 7. The molecular formula is C24H22F3N5O5. The number of nitrogens with one attached hydrogen (secondary N) is 2. The summed E-state index contributed by atoms with van der Waals surface area (Å²) in [6, 6.07) is 10.1. The third-order valence-electron chi connectivity index (χ3n) is 5.49. The lowest BCUT2D eigenvalue weighted by Gasteiger charge is -2.24. The first-order valence-electron chi connectivity index (χ1n) is 10.8. The van der Waals surface area contributed by atoms with Gasteiger partial charge in [-0.2, -0.15) is 13.2 Å². The van der Waals surface area contributed by atoms with Gasteiger partial charge in [0, 0.05) is 23.9 Å². The van der Waals surface area contributed by atoms with Gasteiger partial charge in [0.2, 0.25) is 5.88 Å². The summed E-state index contributed by atoms with van der Waals surface area (Å²) in [6.07, 6.45) is -3.22. The fraction of sp³-hybridized carbons (Fsp3) is 0.250. The molecule has 13 heteroatoms. The topological polar surface area (TPSA) is 121 Å². The molecule has 2 aromatic heterocycles. The van der Waals surface area contributed by atoms with Crippen LogP contribution in [0.3, 0.4) is 0 Å². The summed E-state index contributed by atoms with van der Waals surface area (Å²) < 4.78 is 61.0. The number of carbonyl (C=O) groups excluding carboxylic acids is 1. The number of fused-ring (bicyclic) bond motifs is 1. The van der Waals surface area contributed by atoms with Gasteiger partial charge in [0.15, 0.2) is 23.1 Å². The number of hydrogen-bond acceptors (Lipinski definition) is 8. The SMILES string of the molecule is COc1cc2ncnc(Oc3cccc(N[11C](=O)Nc4cc(C(C)(C)C(F)(F)F)on4)c3)c2cc1OC. The highest BCUT2D eigenvalue weighted by Crippen LogP contribution is 2.41. The maximum Gasteiger partial charge on any atom is 0.401 e.